The summed E-state index contributed by atoms with van der Waals surface area (Å²) in [6.45, 7) is 13.6. The van der Waals surface area contributed by atoms with Gasteiger partial charge in [-0.15, -0.1) is 0 Å². The molecule has 0 N–H and O–H groups in total. The average Bonchev–Trinajstić information content (AvgIpc) is 3.34. The fourth-order valence-corrected chi connectivity index (χ4v) is 9.08. The normalized spacial score (nSPS) is 12.4. The van der Waals surface area contributed by atoms with Gasteiger partial charge in [-0.3, -0.25) is 0 Å². The third kappa shape index (κ3) is 9.10. The first-order valence-electron chi connectivity index (χ1n) is 23.0. The fourth-order valence-electron chi connectivity index (χ4n) is 9.08. The number of hydrogen-bond acceptors (Lipinski definition) is 2. The molecule has 0 unspecified atom stereocenters. The van der Waals surface area contributed by atoms with Gasteiger partial charge in [-0.05, 0) is 147 Å². The largest absolute Gasteiger partial charge is 0.497 e. The van der Waals surface area contributed by atoms with Gasteiger partial charge < -0.3 is 9.47 Å². The van der Waals surface area contributed by atoms with Gasteiger partial charge in [0.1, 0.15) is 11.5 Å². The lowest BCUT2D eigenvalue weighted by molar-refractivity contribution is 0.414. The summed E-state index contributed by atoms with van der Waals surface area (Å²) in [4.78, 5) is 0. The van der Waals surface area contributed by atoms with Crippen molar-refractivity contribution in [3.63, 3.8) is 0 Å². The minimum absolute atomic E-state index is 0.0726. The second-order valence-corrected chi connectivity index (χ2v) is 19.3. The summed E-state index contributed by atoms with van der Waals surface area (Å²) < 4.78 is 10.9. The fraction of sp³-hybridized carbons (Fsp3) is 0.156. The van der Waals surface area contributed by atoms with E-state index in [4.69, 9.17) is 9.47 Å². The molecule has 326 valence electrons. The summed E-state index contributed by atoms with van der Waals surface area (Å²) in [5.74, 6) is 1.69. The van der Waals surface area contributed by atoms with Crippen molar-refractivity contribution in [1.82, 2.24) is 0 Å². The third-order valence-electron chi connectivity index (χ3n) is 12.9. The highest BCUT2D eigenvalue weighted by molar-refractivity contribution is 6.21. The lowest BCUT2D eigenvalue weighted by Gasteiger charge is -2.20. The molecule has 0 spiro atoms. The molecule has 9 rings (SSSR count). The van der Waals surface area contributed by atoms with Crippen molar-refractivity contribution in [2.75, 3.05) is 14.2 Å². The summed E-state index contributed by atoms with van der Waals surface area (Å²) in [5.41, 5.74) is 16.9. The first kappa shape index (κ1) is 43.8. The molecule has 0 atom stereocenters. The van der Waals surface area contributed by atoms with Gasteiger partial charge >= 0.3 is 0 Å². The number of benzene rings is 9. The van der Waals surface area contributed by atoms with Crippen molar-refractivity contribution >= 4 is 44.8 Å². The molecular weight excluding hydrogens is 801 g/mol. The van der Waals surface area contributed by atoms with Crippen LogP contribution in [-0.4, -0.2) is 14.2 Å². The Balaban J connectivity index is 1.13. The molecule has 9 aromatic carbocycles. The third-order valence-corrected chi connectivity index (χ3v) is 12.9. The molecule has 2 heteroatoms. The van der Waals surface area contributed by atoms with Crippen LogP contribution in [-0.2, 0) is 10.8 Å². The SMILES string of the molecule is COc1ccc(/C=C(/c2ccc(-c3c4ccccc4c(-c4ccc(/C(=C/c5ccc(OC)cc5)c5ccc(C(C)(C)C)cc5)cc4)c4ccccc34)cc2)c2ccc(C(C)(C)C)cc2)cc1. The van der Waals surface area contributed by atoms with E-state index in [0.717, 1.165) is 33.8 Å². The van der Waals surface area contributed by atoms with Gasteiger partial charge in [0.2, 0.25) is 0 Å². The van der Waals surface area contributed by atoms with E-state index >= 15 is 0 Å². The number of hydrogen-bond donors (Lipinski definition) is 0. The van der Waals surface area contributed by atoms with Gasteiger partial charge in [-0.25, -0.2) is 0 Å². The molecule has 0 aliphatic rings. The Labute approximate surface area is 391 Å². The second-order valence-electron chi connectivity index (χ2n) is 19.3. The van der Waals surface area contributed by atoms with Crippen LogP contribution in [0.1, 0.15) is 86.1 Å². The lowest BCUT2D eigenvalue weighted by atomic mass is 9.84. The van der Waals surface area contributed by atoms with Crippen LogP contribution < -0.4 is 9.47 Å². The standard InChI is InChI=1S/C64H58O2/c1-63(2,3)51-33-29-47(30-34-51)59(41-43-17-37-53(65-7)38-18-43)45-21-25-49(26-22-45)61-55-13-9-11-15-57(55)62(58-16-12-10-14-56(58)61)50-27-23-46(24-28-50)60(42-44-19-39-54(66-8)40-20-44)48-31-35-52(36-32-48)64(4,5)6/h9-42H,1-8H3/b59-41-,60-42-. The van der Waals surface area contributed by atoms with E-state index < -0.39 is 0 Å². The van der Waals surface area contributed by atoms with Crippen LogP contribution in [0.4, 0.5) is 0 Å². The number of methoxy groups -OCH3 is 2. The number of ether oxygens (including phenoxy) is 2. The summed E-state index contributed by atoms with van der Waals surface area (Å²) in [6, 6.07) is 70.8. The topological polar surface area (TPSA) is 18.5 Å². The molecule has 66 heavy (non-hydrogen) atoms. The van der Waals surface area contributed by atoms with Crippen LogP contribution in [0, 0.1) is 0 Å². The quantitative estimate of drug-likeness (QED) is 0.101. The van der Waals surface area contributed by atoms with Gasteiger partial charge in [-0.2, -0.15) is 0 Å². The predicted octanol–water partition coefficient (Wildman–Crippen LogP) is 17.1. The van der Waals surface area contributed by atoms with Crippen molar-refractivity contribution in [2.45, 2.75) is 52.4 Å². The van der Waals surface area contributed by atoms with Gasteiger partial charge in [-0.1, -0.05) is 211 Å². The molecule has 0 fully saturated rings. The molecule has 2 nitrogen and oxygen atoms in total. The minimum Gasteiger partial charge on any atom is -0.497 e. The van der Waals surface area contributed by atoms with E-state index in [-0.39, 0.29) is 10.8 Å². The summed E-state index contributed by atoms with van der Waals surface area (Å²) in [6.07, 6.45) is 4.57. The Morgan fingerprint density at radius 3 is 0.864 bits per heavy atom. The van der Waals surface area contributed by atoms with Gasteiger partial charge in [0.15, 0.2) is 0 Å². The van der Waals surface area contributed by atoms with Gasteiger partial charge in [0.05, 0.1) is 14.2 Å². The van der Waals surface area contributed by atoms with Crippen LogP contribution in [0.15, 0.2) is 194 Å². The number of fused-ring (bicyclic) bond motifs is 2. The van der Waals surface area contributed by atoms with E-state index in [1.807, 2.05) is 24.3 Å². The van der Waals surface area contributed by atoms with Crippen LogP contribution in [0.5, 0.6) is 11.5 Å². The molecule has 0 aliphatic heterocycles. The first-order chi connectivity index (χ1) is 31.9. The highest BCUT2D eigenvalue weighted by Gasteiger charge is 2.19. The van der Waals surface area contributed by atoms with Crippen molar-refractivity contribution in [2.24, 2.45) is 0 Å². The van der Waals surface area contributed by atoms with Crippen molar-refractivity contribution in [3.05, 3.63) is 239 Å². The van der Waals surface area contributed by atoms with E-state index in [1.54, 1.807) is 14.2 Å². The Hall–Kier alpha value is -7.42. The Morgan fingerprint density at radius 1 is 0.333 bits per heavy atom. The minimum atomic E-state index is 0.0726. The Bertz CT molecular complexity index is 2910. The zero-order valence-electron chi connectivity index (χ0n) is 39.4. The van der Waals surface area contributed by atoms with Crippen molar-refractivity contribution < 1.29 is 9.47 Å². The van der Waals surface area contributed by atoms with E-state index in [2.05, 4.69) is 224 Å². The lowest BCUT2D eigenvalue weighted by Crippen LogP contribution is -2.10. The van der Waals surface area contributed by atoms with Gasteiger partial charge in [0.25, 0.3) is 0 Å². The monoisotopic (exact) mass is 858 g/mol. The molecule has 0 saturated heterocycles. The van der Waals surface area contributed by atoms with Crippen LogP contribution in [0.3, 0.4) is 0 Å². The summed E-state index contributed by atoms with van der Waals surface area (Å²) in [7, 11) is 3.42. The molecule has 9 aromatic rings. The summed E-state index contributed by atoms with van der Waals surface area (Å²) >= 11 is 0. The van der Waals surface area contributed by atoms with Gasteiger partial charge in [0, 0.05) is 0 Å². The summed E-state index contributed by atoms with van der Waals surface area (Å²) in [5, 5.41) is 4.92. The molecular formula is C64H58O2. The van der Waals surface area contributed by atoms with Crippen molar-refractivity contribution in [3.8, 4) is 33.8 Å². The molecule has 0 aromatic heterocycles. The van der Waals surface area contributed by atoms with Crippen LogP contribution in [0.2, 0.25) is 0 Å². The maximum atomic E-state index is 5.47. The number of rotatable bonds is 10. The first-order valence-corrected chi connectivity index (χ1v) is 23.0. The molecule has 0 saturated carbocycles. The maximum Gasteiger partial charge on any atom is 0.118 e. The molecule has 0 heterocycles. The molecule has 0 bridgehead atoms. The van der Waals surface area contributed by atoms with E-state index in [0.29, 0.717) is 0 Å². The average molecular weight is 859 g/mol. The highest BCUT2D eigenvalue weighted by atomic mass is 16.5. The van der Waals surface area contributed by atoms with Crippen LogP contribution >= 0.6 is 0 Å². The zero-order chi connectivity index (χ0) is 46.0. The van der Waals surface area contributed by atoms with Crippen LogP contribution in [0.25, 0.3) is 67.1 Å². The molecule has 0 aliphatic carbocycles. The molecule has 0 amide bonds. The maximum absolute atomic E-state index is 5.47. The Kier molecular flexibility index (Phi) is 12.1. The zero-order valence-corrected chi connectivity index (χ0v) is 39.4. The Morgan fingerprint density at radius 2 is 0.606 bits per heavy atom. The smallest absolute Gasteiger partial charge is 0.118 e. The van der Waals surface area contributed by atoms with Crippen molar-refractivity contribution in [1.29, 1.82) is 0 Å². The second kappa shape index (κ2) is 18.2. The predicted molar refractivity (Wildman–Crippen MR) is 283 cm³/mol. The van der Waals surface area contributed by atoms with E-state index in [1.165, 1.54) is 77.2 Å². The van der Waals surface area contributed by atoms with E-state index in [9.17, 15) is 0 Å². The molecule has 0 radical (unpaired) electrons. The highest BCUT2D eigenvalue weighted by Crippen LogP contribution is 2.44.